The molecule has 1 heterocycles. The molecule has 0 saturated heterocycles. The van der Waals surface area contributed by atoms with Crippen molar-refractivity contribution in [3.63, 3.8) is 0 Å². The van der Waals surface area contributed by atoms with Crippen molar-refractivity contribution in [2.45, 2.75) is 6.42 Å². The van der Waals surface area contributed by atoms with Crippen LogP contribution in [0.15, 0.2) is 24.3 Å². The van der Waals surface area contributed by atoms with Gasteiger partial charge < -0.3 is 0 Å². The quantitative estimate of drug-likeness (QED) is 0.431. The van der Waals surface area contributed by atoms with Crippen molar-refractivity contribution >= 4 is 11.8 Å². The van der Waals surface area contributed by atoms with Gasteiger partial charge in [0.1, 0.15) is 6.42 Å². The second kappa shape index (κ2) is 2.58. The Balaban J connectivity index is 2.62. The van der Waals surface area contributed by atoms with Gasteiger partial charge in [0.15, 0.2) is 4.76 Å². The molecule has 13 heavy (non-hydrogen) atoms. The van der Waals surface area contributed by atoms with Crippen molar-refractivity contribution in [3.8, 4) is 0 Å². The molecule has 0 fully saturated rings. The number of nitrogens with zero attached hydrogens (tertiary/aromatic N) is 1. The van der Waals surface area contributed by atoms with Gasteiger partial charge in [0.2, 0.25) is 0 Å². The molecule has 1 aliphatic heterocycles. The average Bonchev–Trinajstić information content (AvgIpc) is 2.15. The van der Waals surface area contributed by atoms with Crippen LogP contribution in [-0.2, 0) is 11.2 Å². The van der Waals surface area contributed by atoms with Crippen molar-refractivity contribution in [1.82, 2.24) is 0 Å². The molecule has 4 heteroatoms. The predicted octanol–water partition coefficient (Wildman–Crippen LogP) is 0.688. The van der Waals surface area contributed by atoms with Gasteiger partial charge in [0, 0.05) is 4.91 Å². The lowest BCUT2D eigenvalue weighted by atomic mass is 10.0. The van der Waals surface area contributed by atoms with Crippen molar-refractivity contribution < 1.29 is 14.3 Å². The van der Waals surface area contributed by atoms with E-state index in [0.29, 0.717) is 11.1 Å². The van der Waals surface area contributed by atoms with Crippen LogP contribution in [0, 0.1) is 4.91 Å². The van der Waals surface area contributed by atoms with Gasteiger partial charge in [-0.05, 0) is 11.6 Å². The van der Waals surface area contributed by atoms with Crippen LogP contribution in [0.3, 0.4) is 0 Å². The van der Waals surface area contributed by atoms with Gasteiger partial charge in [-0.3, -0.25) is 0 Å². The lowest BCUT2D eigenvalue weighted by Gasteiger charge is -2.04. The molecule has 0 N–H and O–H groups in total. The average molecular weight is 176 g/mol. The molecule has 0 bridgehead atoms. The normalized spacial score (nSPS) is 15.8. The topological polar surface area (TPSA) is 54.2 Å². The van der Waals surface area contributed by atoms with Gasteiger partial charge in [0.25, 0.3) is 0 Å². The zero-order valence-electron chi connectivity index (χ0n) is 6.69. The highest BCUT2D eigenvalue weighted by Gasteiger charge is 2.40. The highest BCUT2D eigenvalue weighted by atomic mass is 16.3. The third-order valence-corrected chi connectivity index (χ3v) is 2.00. The monoisotopic (exact) mass is 176 g/mol. The van der Waals surface area contributed by atoms with Crippen LogP contribution in [0.5, 0.6) is 0 Å². The molecule has 0 spiro atoms. The molecule has 4 nitrogen and oxygen atoms in total. The lowest BCUT2D eigenvalue weighted by Crippen LogP contribution is -2.32. The van der Waals surface area contributed by atoms with Crippen LogP contribution in [0.2, 0.25) is 0 Å². The molecule has 1 aliphatic rings. The van der Waals surface area contributed by atoms with Gasteiger partial charge in [-0.15, -0.1) is 0 Å². The number of carbonyl (C=O) groups excluding carboxylic acids is 2. The maximum absolute atomic E-state index is 11.2. The van der Waals surface area contributed by atoms with Crippen molar-refractivity contribution in [3.05, 3.63) is 40.3 Å². The van der Waals surface area contributed by atoms with Crippen LogP contribution in [0.25, 0.3) is 0 Å². The fourth-order valence-corrected chi connectivity index (χ4v) is 1.34. The molecule has 0 unspecified atom stereocenters. The molecule has 1 aromatic rings. The van der Waals surface area contributed by atoms with E-state index < -0.39 is 11.8 Å². The zero-order chi connectivity index (χ0) is 9.42. The second-order valence-corrected chi connectivity index (χ2v) is 2.83. The Labute approximate surface area is 73.7 Å². The van der Waals surface area contributed by atoms with Crippen LogP contribution in [-0.4, -0.2) is 16.6 Å². The number of nitroso groups, excluding NO2 is 1. The molecule has 2 amide bonds. The molecule has 2 rings (SSSR count). The van der Waals surface area contributed by atoms with Gasteiger partial charge in [-0.1, -0.05) is 18.2 Å². The van der Waals surface area contributed by atoms with E-state index in [-0.39, 0.29) is 11.2 Å². The van der Waals surface area contributed by atoms with E-state index >= 15 is 0 Å². The van der Waals surface area contributed by atoms with E-state index in [1.807, 2.05) is 0 Å². The molecule has 0 saturated carbocycles. The minimum Gasteiger partial charge on any atom is -0.214 e. The Bertz CT molecular complexity index is 423. The van der Waals surface area contributed by atoms with E-state index in [0.717, 1.165) is 0 Å². The summed E-state index contributed by atoms with van der Waals surface area (Å²) in [5.41, 5.74) is 0.960. The Kier molecular flexibility index (Phi) is 1.55. The number of fused-ring (bicyclic) bond motifs is 1. The summed E-state index contributed by atoms with van der Waals surface area (Å²) in [4.78, 5) is 33.1. The summed E-state index contributed by atoms with van der Waals surface area (Å²) in [6.45, 7) is 0. The summed E-state index contributed by atoms with van der Waals surface area (Å²) in [6, 6.07) is 6.63. The van der Waals surface area contributed by atoms with E-state index in [1.54, 1.807) is 24.3 Å². The number of amides is 2. The molecule has 0 atom stereocenters. The smallest absolute Gasteiger partial charge is 0.214 e. The van der Waals surface area contributed by atoms with Crippen LogP contribution >= 0.6 is 0 Å². The largest absolute Gasteiger partial charge is 0.475 e. The zero-order valence-corrected chi connectivity index (χ0v) is 6.69. The summed E-state index contributed by atoms with van der Waals surface area (Å²) in [5.74, 6) is -1.45. The minimum absolute atomic E-state index is 0.0193. The maximum atomic E-state index is 11.2. The Morgan fingerprint density at radius 2 is 1.85 bits per heavy atom. The summed E-state index contributed by atoms with van der Waals surface area (Å²) < 4.78 is -0.0810. The van der Waals surface area contributed by atoms with Gasteiger partial charge in [0.05, 0.1) is 5.56 Å². The van der Waals surface area contributed by atoms with Crippen LogP contribution in [0.4, 0.5) is 0 Å². The number of benzene rings is 1. The number of hydrogen-bond acceptors (Lipinski definition) is 3. The van der Waals surface area contributed by atoms with Gasteiger partial charge >= 0.3 is 11.8 Å². The summed E-state index contributed by atoms with van der Waals surface area (Å²) in [7, 11) is 0. The summed E-state index contributed by atoms with van der Waals surface area (Å²) >= 11 is 0. The SMILES string of the molecule is O=C1Cc2ccccc2C(=O)[N+]1=O. The Morgan fingerprint density at radius 3 is 2.62 bits per heavy atom. The molecule has 64 valence electrons. The first kappa shape index (κ1) is 7.79. The van der Waals surface area contributed by atoms with Crippen LogP contribution in [0.1, 0.15) is 15.9 Å². The standard InChI is InChI=1S/C9H6NO3/c11-8-5-6-3-1-2-4-7(6)9(12)10(8)13/h1-4H,5H2/q+1. The fourth-order valence-electron chi connectivity index (χ4n) is 1.34. The molecule has 0 aromatic heterocycles. The van der Waals surface area contributed by atoms with Gasteiger partial charge in [-0.2, -0.15) is 0 Å². The molecular formula is C9H6NO3+. The first-order valence-electron chi connectivity index (χ1n) is 3.82. The molecule has 0 aliphatic carbocycles. The molecule has 1 aromatic carbocycles. The fraction of sp³-hybridized carbons (Fsp3) is 0.111. The Morgan fingerprint density at radius 1 is 1.15 bits per heavy atom. The summed E-state index contributed by atoms with van der Waals surface area (Å²) in [6.07, 6.45) is 0.0193. The number of imide groups is 1. The first-order valence-corrected chi connectivity index (χ1v) is 3.82. The number of carbonyl (C=O) groups is 2. The van der Waals surface area contributed by atoms with Crippen molar-refractivity contribution in [2.24, 2.45) is 0 Å². The van der Waals surface area contributed by atoms with E-state index in [2.05, 4.69) is 0 Å². The molecule has 0 radical (unpaired) electrons. The van der Waals surface area contributed by atoms with Crippen molar-refractivity contribution in [1.29, 1.82) is 0 Å². The summed E-state index contributed by atoms with van der Waals surface area (Å²) in [5, 5.41) is 0. The highest BCUT2D eigenvalue weighted by molar-refractivity contribution is 5.99. The lowest BCUT2D eigenvalue weighted by molar-refractivity contribution is -0.380. The molecular weight excluding hydrogens is 170 g/mol. The van der Waals surface area contributed by atoms with Gasteiger partial charge in [-0.25, -0.2) is 9.59 Å². The maximum Gasteiger partial charge on any atom is 0.475 e. The predicted molar refractivity (Wildman–Crippen MR) is 43.1 cm³/mol. The third-order valence-electron chi connectivity index (χ3n) is 2.00. The van der Waals surface area contributed by atoms with Crippen molar-refractivity contribution in [2.75, 3.05) is 0 Å². The van der Waals surface area contributed by atoms with E-state index in [4.69, 9.17) is 0 Å². The second-order valence-electron chi connectivity index (χ2n) is 2.83. The third kappa shape index (κ3) is 1.07. The van der Waals surface area contributed by atoms with E-state index in [1.165, 1.54) is 0 Å². The minimum atomic E-state index is -0.758. The Hall–Kier alpha value is -1.84. The van der Waals surface area contributed by atoms with E-state index in [9.17, 15) is 14.5 Å². The first-order chi connectivity index (χ1) is 6.20. The number of hydrogen-bond donors (Lipinski definition) is 0. The number of rotatable bonds is 0. The highest BCUT2D eigenvalue weighted by Crippen LogP contribution is 2.16. The van der Waals surface area contributed by atoms with Crippen LogP contribution < -0.4 is 0 Å².